The Morgan fingerprint density at radius 1 is 1.36 bits per heavy atom. The molecule has 6 nitrogen and oxygen atoms in total. The number of rotatable bonds is 8. The Labute approximate surface area is 129 Å². The number of carbonyl (C=O) groups excluding carboxylic acids is 1. The zero-order valence-electron chi connectivity index (χ0n) is 12.8. The second-order valence-corrected chi connectivity index (χ2v) is 5.28. The fourth-order valence-electron chi connectivity index (χ4n) is 1.64. The van der Waals surface area contributed by atoms with Crippen LogP contribution < -0.4 is 4.74 Å². The molecule has 120 valence electrons. The highest BCUT2D eigenvalue weighted by Gasteiger charge is 2.08. The topological polar surface area (TPSA) is 89.7 Å². The fraction of sp³-hybridized carbons (Fsp3) is 0.438. The third-order valence-corrected chi connectivity index (χ3v) is 3.05. The van der Waals surface area contributed by atoms with Crippen molar-refractivity contribution in [1.82, 2.24) is 0 Å². The molecular formula is C16H21NO5. The second kappa shape index (κ2) is 8.94. The number of benzene rings is 1. The number of non-ortho nitro benzene ring substituents is 1. The molecule has 0 aliphatic carbocycles. The van der Waals surface area contributed by atoms with Crippen molar-refractivity contribution in [3.63, 3.8) is 0 Å². The van der Waals surface area contributed by atoms with E-state index in [0.717, 1.165) is 0 Å². The van der Waals surface area contributed by atoms with Crippen LogP contribution in [-0.4, -0.2) is 22.1 Å². The molecule has 1 N–H and O–H groups in total. The summed E-state index contributed by atoms with van der Waals surface area (Å²) in [4.78, 5) is 21.6. The molecular weight excluding hydrogens is 286 g/mol. The van der Waals surface area contributed by atoms with Crippen LogP contribution in [0, 0.1) is 16.0 Å². The number of esters is 1. The third-order valence-electron chi connectivity index (χ3n) is 3.05. The van der Waals surface area contributed by atoms with Gasteiger partial charge in [-0.15, -0.1) is 0 Å². The molecule has 0 aromatic heterocycles. The monoisotopic (exact) mass is 307 g/mol. The molecule has 0 amide bonds. The summed E-state index contributed by atoms with van der Waals surface area (Å²) >= 11 is 0. The Bertz CT molecular complexity index is 522. The minimum Gasteiger partial charge on any atom is -0.427 e. The summed E-state index contributed by atoms with van der Waals surface area (Å²) in [5.74, 6) is 0.0800. The van der Waals surface area contributed by atoms with E-state index in [1.54, 1.807) is 6.08 Å². The number of hydrogen-bond donors (Lipinski definition) is 1. The summed E-state index contributed by atoms with van der Waals surface area (Å²) in [6.45, 7) is 3.85. The number of nitro benzene ring substituents is 1. The van der Waals surface area contributed by atoms with Gasteiger partial charge in [0.05, 0.1) is 11.0 Å². The maximum absolute atomic E-state index is 11.6. The molecule has 1 aromatic rings. The van der Waals surface area contributed by atoms with E-state index < -0.39 is 11.0 Å². The SMILES string of the molecule is CC(C)C(O)/C=C/CCCC(=O)Oc1ccc([N+](=O)[O-])cc1. The number of aliphatic hydroxyl groups excluding tert-OH is 1. The van der Waals surface area contributed by atoms with Gasteiger partial charge in [-0.3, -0.25) is 14.9 Å². The number of nitrogens with zero attached hydrogens (tertiary/aromatic N) is 1. The number of aliphatic hydroxyl groups is 1. The molecule has 1 unspecified atom stereocenters. The van der Waals surface area contributed by atoms with Gasteiger partial charge in [-0.05, 0) is 30.9 Å². The lowest BCUT2D eigenvalue weighted by molar-refractivity contribution is -0.384. The number of unbranched alkanes of at least 4 members (excludes halogenated alkanes) is 1. The van der Waals surface area contributed by atoms with Crippen LogP contribution in [0.25, 0.3) is 0 Å². The van der Waals surface area contributed by atoms with E-state index in [1.807, 2.05) is 19.9 Å². The van der Waals surface area contributed by atoms with Crippen LogP contribution in [-0.2, 0) is 4.79 Å². The molecule has 1 rings (SSSR count). The predicted octanol–water partition coefficient (Wildman–Crippen LogP) is 3.24. The number of hydrogen-bond acceptors (Lipinski definition) is 5. The first-order chi connectivity index (χ1) is 10.4. The van der Waals surface area contributed by atoms with Crippen molar-refractivity contribution in [2.45, 2.75) is 39.2 Å². The average molecular weight is 307 g/mol. The maximum atomic E-state index is 11.6. The number of nitro groups is 1. The summed E-state index contributed by atoms with van der Waals surface area (Å²) < 4.78 is 5.08. The van der Waals surface area contributed by atoms with Gasteiger partial charge < -0.3 is 9.84 Å². The normalized spacial score (nSPS) is 12.5. The fourth-order valence-corrected chi connectivity index (χ4v) is 1.64. The summed E-state index contributed by atoms with van der Waals surface area (Å²) in [7, 11) is 0. The Morgan fingerprint density at radius 2 is 2.00 bits per heavy atom. The van der Waals surface area contributed by atoms with Crippen LogP contribution in [0.4, 0.5) is 5.69 Å². The van der Waals surface area contributed by atoms with Gasteiger partial charge in [0.25, 0.3) is 5.69 Å². The van der Waals surface area contributed by atoms with Crippen molar-refractivity contribution in [3.05, 3.63) is 46.5 Å². The van der Waals surface area contributed by atoms with Crippen molar-refractivity contribution in [2.75, 3.05) is 0 Å². The highest BCUT2D eigenvalue weighted by Crippen LogP contribution is 2.18. The zero-order chi connectivity index (χ0) is 16.5. The zero-order valence-corrected chi connectivity index (χ0v) is 12.8. The Hall–Kier alpha value is -2.21. The van der Waals surface area contributed by atoms with Crippen LogP contribution in [0.2, 0.25) is 0 Å². The van der Waals surface area contributed by atoms with E-state index in [2.05, 4.69) is 0 Å². The van der Waals surface area contributed by atoms with Gasteiger partial charge in [0.1, 0.15) is 5.75 Å². The number of carbonyl (C=O) groups is 1. The summed E-state index contributed by atoms with van der Waals surface area (Å²) in [5, 5.41) is 20.1. The second-order valence-electron chi connectivity index (χ2n) is 5.28. The van der Waals surface area contributed by atoms with Gasteiger partial charge in [0.15, 0.2) is 0 Å². The van der Waals surface area contributed by atoms with Crippen LogP contribution in [0.1, 0.15) is 33.1 Å². The van der Waals surface area contributed by atoms with E-state index >= 15 is 0 Å². The van der Waals surface area contributed by atoms with Crippen LogP contribution in [0.5, 0.6) is 5.75 Å². The summed E-state index contributed by atoms with van der Waals surface area (Å²) in [6.07, 6.45) is 4.66. The molecule has 0 radical (unpaired) electrons. The highest BCUT2D eigenvalue weighted by atomic mass is 16.6. The number of ether oxygens (including phenoxy) is 1. The van der Waals surface area contributed by atoms with Gasteiger partial charge >= 0.3 is 5.97 Å². The molecule has 22 heavy (non-hydrogen) atoms. The van der Waals surface area contributed by atoms with Gasteiger partial charge in [-0.2, -0.15) is 0 Å². The molecule has 0 saturated heterocycles. The Morgan fingerprint density at radius 3 is 2.55 bits per heavy atom. The lowest BCUT2D eigenvalue weighted by atomic mass is 10.1. The van der Waals surface area contributed by atoms with Crippen LogP contribution in [0.3, 0.4) is 0 Å². The van der Waals surface area contributed by atoms with Gasteiger partial charge in [0.2, 0.25) is 0 Å². The molecule has 0 saturated carbocycles. The first kappa shape index (κ1) is 17.8. The smallest absolute Gasteiger partial charge is 0.311 e. The van der Waals surface area contributed by atoms with E-state index in [1.165, 1.54) is 24.3 Å². The molecule has 0 heterocycles. The molecule has 0 bridgehead atoms. The summed E-state index contributed by atoms with van der Waals surface area (Å²) in [6, 6.07) is 5.38. The first-order valence-electron chi connectivity index (χ1n) is 7.20. The lowest BCUT2D eigenvalue weighted by Gasteiger charge is -2.08. The first-order valence-corrected chi connectivity index (χ1v) is 7.20. The molecule has 0 fully saturated rings. The van der Waals surface area contributed by atoms with Gasteiger partial charge in [-0.25, -0.2) is 0 Å². The highest BCUT2D eigenvalue weighted by molar-refractivity contribution is 5.72. The molecule has 0 spiro atoms. The van der Waals surface area contributed by atoms with E-state index in [9.17, 15) is 20.0 Å². The van der Waals surface area contributed by atoms with E-state index in [0.29, 0.717) is 18.6 Å². The Balaban J connectivity index is 2.30. The Kier molecular flexibility index (Phi) is 7.25. The van der Waals surface area contributed by atoms with Gasteiger partial charge in [0, 0.05) is 18.6 Å². The van der Waals surface area contributed by atoms with Crippen molar-refractivity contribution in [3.8, 4) is 5.75 Å². The van der Waals surface area contributed by atoms with Crippen molar-refractivity contribution in [1.29, 1.82) is 0 Å². The van der Waals surface area contributed by atoms with E-state index in [4.69, 9.17) is 4.74 Å². The van der Waals surface area contributed by atoms with Gasteiger partial charge in [-0.1, -0.05) is 26.0 Å². The molecule has 1 aromatic carbocycles. The largest absolute Gasteiger partial charge is 0.427 e. The predicted molar refractivity (Wildman–Crippen MR) is 82.6 cm³/mol. The average Bonchev–Trinajstić information content (AvgIpc) is 2.47. The van der Waals surface area contributed by atoms with Crippen molar-refractivity contribution < 1.29 is 19.6 Å². The lowest BCUT2D eigenvalue weighted by Crippen LogP contribution is -2.10. The minimum atomic E-state index is -0.510. The van der Waals surface area contributed by atoms with Crippen molar-refractivity contribution >= 4 is 11.7 Å². The third kappa shape index (κ3) is 6.49. The van der Waals surface area contributed by atoms with Crippen molar-refractivity contribution in [2.24, 2.45) is 5.92 Å². The molecule has 0 aliphatic heterocycles. The van der Waals surface area contributed by atoms with Crippen LogP contribution in [0.15, 0.2) is 36.4 Å². The molecule has 0 aliphatic rings. The van der Waals surface area contributed by atoms with Crippen LogP contribution >= 0.6 is 0 Å². The molecule has 6 heteroatoms. The maximum Gasteiger partial charge on any atom is 0.311 e. The summed E-state index contributed by atoms with van der Waals surface area (Å²) in [5.41, 5.74) is -0.0475. The standard InChI is InChI=1S/C16H21NO5/c1-12(2)15(18)6-4-3-5-7-16(19)22-14-10-8-13(9-11-14)17(20)21/h4,6,8-12,15,18H,3,5,7H2,1-2H3/b6-4+. The number of allylic oxidation sites excluding steroid dienone is 1. The molecule has 1 atom stereocenters. The quantitative estimate of drug-likeness (QED) is 0.199. The van der Waals surface area contributed by atoms with E-state index in [-0.39, 0.29) is 24.0 Å². The minimum absolute atomic E-state index is 0.0475.